The molecule has 0 spiro atoms. The van der Waals surface area contributed by atoms with Gasteiger partial charge in [-0.3, -0.25) is 9.78 Å². The Morgan fingerprint density at radius 3 is 3.00 bits per heavy atom. The molecule has 0 unspecified atom stereocenters. The molecule has 0 aromatic carbocycles. The van der Waals surface area contributed by atoms with Crippen LogP contribution < -0.4 is 0 Å². The molecular formula is C20H22N4O2. The summed E-state index contributed by atoms with van der Waals surface area (Å²) in [4.78, 5) is 23.9. The van der Waals surface area contributed by atoms with Gasteiger partial charge in [-0.1, -0.05) is 12.1 Å². The lowest BCUT2D eigenvalue weighted by Gasteiger charge is -2.24. The van der Waals surface area contributed by atoms with Gasteiger partial charge in [0, 0.05) is 31.7 Å². The normalized spacial score (nSPS) is 16.9. The first-order valence-electron chi connectivity index (χ1n) is 8.96. The Morgan fingerprint density at radius 1 is 1.35 bits per heavy atom. The molecule has 1 fully saturated rings. The molecule has 6 nitrogen and oxygen atoms in total. The molecule has 0 N–H and O–H groups in total. The van der Waals surface area contributed by atoms with Gasteiger partial charge in [-0.25, -0.2) is 4.98 Å². The lowest BCUT2D eigenvalue weighted by Crippen LogP contribution is -2.37. The van der Waals surface area contributed by atoms with Crippen molar-refractivity contribution in [1.82, 2.24) is 19.3 Å². The first-order valence-corrected chi connectivity index (χ1v) is 8.96. The van der Waals surface area contributed by atoms with Crippen LogP contribution in [0.2, 0.25) is 0 Å². The number of hydrogen-bond donors (Lipinski definition) is 0. The summed E-state index contributed by atoms with van der Waals surface area (Å²) in [6, 6.07) is 9.69. The van der Waals surface area contributed by atoms with Crippen molar-refractivity contribution in [2.45, 2.75) is 32.4 Å². The molecule has 1 aliphatic rings. The molecule has 0 saturated carbocycles. The van der Waals surface area contributed by atoms with Gasteiger partial charge in [0.2, 0.25) is 0 Å². The van der Waals surface area contributed by atoms with E-state index in [1.807, 2.05) is 47.9 Å². The van der Waals surface area contributed by atoms with Crippen molar-refractivity contribution in [1.29, 1.82) is 0 Å². The Hall–Kier alpha value is -2.73. The Kier molecular flexibility index (Phi) is 4.67. The number of pyridine rings is 2. The van der Waals surface area contributed by atoms with Crippen LogP contribution in [0.4, 0.5) is 0 Å². The van der Waals surface area contributed by atoms with Gasteiger partial charge in [0.15, 0.2) is 0 Å². The van der Waals surface area contributed by atoms with Crippen LogP contribution >= 0.6 is 0 Å². The number of aryl methyl sites for hydroxylation is 1. The number of carbonyl (C=O) groups excluding carboxylic acids is 1. The van der Waals surface area contributed by atoms with Crippen molar-refractivity contribution in [3.8, 4) is 0 Å². The van der Waals surface area contributed by atoms with Crippen molar-refractivity contribution in [2.24, 2.45) is 0 Å². The number of aromatic nitrogens is 3. The number of fused-ring (bicyclic) bond motifs is 1. The predicted octanol–water partition coefficient (Wildman–Crippen LogP) is 2.86. The fourth-order valence-electron chi connectivity index (χ4n) is 3.36. The summed E-state index contributed by atoms with van der Waals surface area (Å²) in [5.74, 6) is -0.0887. The minimum Gasteiger partial charge on any atom is -0.376 e. The highest BCUT2D eigenvalue weighted by Crippen LogP contribution is 2.18. The van der Waals surface area contributed by atoms with E-state index in [0.29, 0.717) is 18.8 Å². The van der Waals surface area contributed by atoms with Crippen LogP contribution in [0.15, 0.2) is 48.9 Å². The first kappa shape index (κ1) is 16.7. The second-order valence-electron chi connectivity index (χ2n) is 6.69. The number of rotatable bonds is 5. The molecule has 1 atom stereocenters. The van der Waals surface area contributed by atoms with Crippen LogP contribution in [-0.2, 0) is 11.3 Å². The highest BCUT2D eigenvalue weighted by Gasteiger charge is 2.25. The van der Waals surface area contributed by atoms with Crippen LogP contribution in [0.3, 0.4) is 0 Å². The van der Waals surface area contributed by atoms with Gasteiger partial charge in [0.25, 0.3) is 5.91 Å². The third-order valence-electron chi connectivity index (χ3n) is 4.71. The number of ether oxygens (including phenoxy) is 1. The quantitative estimate of drug-likeness (QED) is 0.710. The number of carbonyl (C=O) groups is 1. The SMILES string of the molecule is Cc1cccn2cc(C(=O)N(Cc3ccccn3)C[C@H]3CCCO3)nc12. The lowest BCUT2D eigenvalue weighted by atomic mass is 10.2. The molecule has 26 heavy (non-hydrogen) atoms. The largest absolute Gasteiger partial charge is 0.376 e. The topological polar surface area (TPSA) is 59.7 Å². The maximum absolute atomic E-state index is 13.2. The second-order valence-corrected chi connectivity index (χ2v) is 6.69. The lowest BCUT2D eigenvalue weighted by molar-refractivity contribution is 0.0500. The molecule has 0 radical (unpaired) electrons. The molecular weight excluding hydrogens is 328 g/mol. The van der Waals surface area contributed by atoms with Gasteiger partial charge >= 0.3 is 0 Å². The van der Waals surface area contributed by atoms with Gasteiger partial charge in [0.1, 0.15) is 11.3 Å². The van der Waals surface area contributed by atoms with E-state index in [0.717, 1.165) is 36.4 Å². The second kappa shape index (κ2) is 7.25. The van der Waals surface area contributed by atoms with Gasteiger partial charge < -0.3 is 14.0 Å². The number of hydrogen-bond acceptors (Lipinski definition) is 4. The van der Waals surface area contributed by atoms with E-state index in [9.17, 15) is 4.79 Å². The smallest absolute Gasteiger partial charge is 0.274 e. The van der Waals surface area contributed by atoms with Crippen LogP contribution in [0.5, 0.6) is 0 Å². The third-order valence-corrected chi connectivity index (χ3v) is 4.71. The maximum Gasteiger partial charge on any atom is 0.274 e. The molecule has 0 aliphatic carbocycles. The van der Waals surface area contributed by atoms with E-state index in [2.05, 4.69) is 9.97 Å². The van der Waals surface area contributed by atoms with Gasteiger partial charge in [-0.2, -0.15) is 0 Å². The van der Waals surface area contributed by atoms with Crippen LogP contribution in [0, 0.1) is 6.92 Å². The fraction of sp³-hybridized carbons (Fsp3) is 0.350. The average Bonchev–Trinajstić information content (AvgIpc) is 3.32. The fourth-order valence-corrected chi connectivity index (χ4v) is 3.36. The van der Waals surface area contributed by atoms with Crippen molar-refractivity contribution < 1.29 is 9.53 Å². The number of amides is 1. The van der Waals surface area contributed by atoms with Crippen LogP contribution in [-0.4, -0.2) is 44.4 Å². The van der Waals surface area contributed by atoms with Crippen molar-refractivity contribution in [3.63, 3.8) is 0 Å². The van der Waals surface area contributed by atoms with Gasteiger partial charge in [0.05, 0.1) is 18.3 Å². The summed E-state index contributed by atoms with van der Waals surface area (Å²) >= 11 is 0. The molecule has 4 heterocycles. The minimum atomic E-state index is -0.0887. The summed E-state index contributed by atoms with van der Waals surface area (Å²) in [6.07, 6.45) is 7.57. The maximum atomic E-state index is 13.2. The van der Waals surface area contributed by atoms with Gasteiger partial charge in [-0.15, -0.1) is 0 Å². The van der Waals surface area contributed by atoms with Crippen LogP contribution in [0.1, 0.15) is 34.6 Å². The molecule has 134 valence electrons. The zero-order valence-corrected chi connectivity index (χ0v) is 14.8. The summed E-state index contributed by atoms with van der Waals surface area (Å²) in [7, 11) is 0. The molecule has 3 aromatic rings. The summed E-state index contributed by atoms with van der Waals surface area (Å²) in [5.41, 5.74) is 3.17. The number of imidazole rings is 1. The summed E-state index contributed by atoms with van der Waals surface area (Å²) < 4.78 is 7.64. The van der Waals surface area contributed by atoms with E-state index in [4.69, 9.17) is 4.74 Å². The predicted molar refractivity (Wildman–Crippen MR) is 97.9 cm³/mol. The van der Waals surface area contributed by atoms with Crippen molar-refractivity contribution in [3.05, 3.63) is 65.9 Å². The Bertz CT molecular complexity index is 901. The van der Waals surface area contributed by atoms with E-state index in [-0.39, 0.29) is 12.0 Å². The molecule has 4 rings (SSSR count). The first-order chi connectivity index (χ1) is 12.7. The van der Waals surface area contributed by atoms with E-state index in [1.165, 1.54) is 0 Å². The standard InChI is InChI=1S/C20H22N4O2/c1-15-6-4-10-23-14-18(22-19(15)23)20(25)24(13-17-8-5-11-26-17)12-16-7-2-3-9-21-16/h2-4,6-7,9-10,14,17H,5,8,11-13H2,1H3/t17-/m1/s1. The summed E-state index contributed by atoms with van der Waals surface area (Å²) in [5, 5.41) is 0. The zero-order chi connectivity index (χ0) is 17.9. The van der Waals surface area contributed by atoms with Crippen LogP contribution in [0.25, 0.3) is 5.65 Å². The monoisotopic (exact) mass is 350 g/mol. The molecule has 0 bridgehead atoms. The Morgan fingerprint density at radius 2 is 2.27 bits per heavy atom. The molecule has 1 amide bonds. The van der Waals surface area contributed by atoms with Crippen molar-refractivity contribution in [2.75, 3.05) is 13.2 Å². The van der Waals surface area contributed by atoms with E-state index >= 15 is 0 Å². The summed E-state index contributed by atoms with van der Waals surface area (Å²) in [6.45, 7) is 3.77. The molecule has 3 aromatic heterocycles. The molecule has 1 aliphatic heterocycles. The van der Waals surface area contributed by atoms with E-state index in [1.54, 1.807) is 17.3 Å². The highest BCUT2D eigenvalue weighted by molar-refractivity contribution is 5.93. The van der Waals surface area contributed by atoms with Gasteiger partial charge in [-0.05, 0) is 43.5 Å². The average molecular weight is 350 g/mol. The molecule has 6 heteroatoms. The van der Waals surface area contributed by atoms with Crippen molar-refractivity contribution >= 4 is 11.6 Å². The highest BCUT2D eigenvalue weighted by atomic mass is 16.5. The van der Waals surface area contributed by atoms with E-state index < -0.39 is 0 Å². The zero-order valence-electron chi connectivity index (χ0n) is 14.8. The molecule has 1 saturated heterocycles. The Balaban J connectivity index is 1.62. The third kappa shape index (κ3) is 3.46. The Labute approximate surface area is 152 Å². The minimum absolute atomic E-state index is 0.0847. The number of nitrogens with zero attached hydrogens (tertiary/aromatic N) is 4.